The molecule has 1 aromatic heterocycles. The number of thiocarbonyl (C=S) groups is 1. The van der Waals surface area contributed by atoms with Crippen molar-refractivity contribution >= 4 is 45.9 Å². The van der Waals surface area contributed by atoms with E-state index in [0.29, 0.717) is 39.7 Å². The summed E-state index contributed by atoms with van der Waals surface area (Å²) < 4.78 is 0. The lowest BCUT2D eigenvalue weighted by atomic mass is 10.1. The van der Waals surface area contributed by atoms with Gasteiger partial charge in [-0.25, -0.2) is 9.69 Å². The number of aromatic nitrogens is 1. The molecule has 4 heterocycles. The van der Waals surface area contributed by atoms with Crippen LogP contribution >= 0.6 is 12.2 Å². The molecule has 2 bridgehead atoms. The second-order valence-corrected chi connectivity index (χ2v) is 9.03. The van der Waals surface area contributed by atoms with Crippen molar-refractivity contribution in [3.05, 3.63) is 36.0 Å². The number of likely N-dealkylation sites (tertiary alicyclic amines) is 1. The summed E-state index contributed by atoms with van der Waals surface area (Å²) in [6.07, 6.45) is 2.34. The Hall–Kier alpha value is -3.25. The highest BCUT2D eigenvalue weighted by molar-refractivity contribution is 7.80. The first-order valence-corrected chi connectivity index (χ1v) is 10.8. The van der Waals surface area contributed by atoms with Crippen LogP contribution in [0.15, 0.2) is 30.5 Å². The van der Waals surface area contributed by atoms with Crippen LogP contribution in [-0.4, -0.2) is 63.0 Å². The molecule has 3 fully saturated rings. The number of carbonyl (C=O) groups is 2. The first-order chi connectivity index (χ1) is 14.9. The molecular formula is C22H22N6O2S. The minimum absolute atomic E-state index is 0.0435. The van der Waals surface area contributed by atoms with Crippen LogP contribution in [0.3, 0.4) is 0 Å². The Bertz CT molecular complexity index is 1160. The molecule has 0 aliphatic carbocycles. The fourth-order valence-corrected chi connectivity index (χ4v) is 5.24. The van der Waals surface area contributed by atoms with Crippen molar-refractivity contribution in [1.29, 1.82) is 5.26 Å². The van der Waals surface area contributed by atoms with Crippen LogP contribution in [0.4, 0.5) is 10.5 Å². The molecule has 3 atom stereocenters. The summed E-state index contributed by atoms with van der Waals surface area (Å²) in [7, 11) is 0. The maximum Gasteiger partial charge on any atom is 0.332 e. The van der Waals surface area contributed by atoms with E-state index >= 15 is 0 Å². The van der Waals surface area contributed by atoms with E-state index in [1.165, 1.54) is 4.90 Å². The molecule has 0 spiro atoms. The molecule has 2 aromatic rings. The zero-order valence-corrected chi connectivity index (χ0v) is 18.1. The Morgan fingerprint density at radius 2 is 2.16 bits per heavy atom. The molecule has 3 saturated heterocycles. The van der Waals surface area contributed by atoms with Gasteiger partial charge in [0, 0.05) is 24.7 Å². The minimum Gasteiger partial charge on any atom is -0.362 e. The minimum atomic E-state index is -0.549. The van der Waals surface area contributed by atoms with E-state index in [1.54, 1.807) is 35.4 Å². The number of nitrogens with zero attached hydrogens (tertiary/aromatic N) is 5. The molecule has 31 heavy (non-hydrogen) atoms. The number of nitriles is 1. The van der Waals surface area contributed by atoms with Crippen LogP contribution < -0.4 is 10.2 Å². The zero-order valence-electron chi connectivity index (χ0n) is 17.3. The van der Waals surface area contributed by atoms with E-state index in [9.17, 15) is 14.9 Å². The number of carbonyl (C=O) groups excluding carboxylic acids is 2. The van der Waals surface area contributed by atoms with Crippen LogP contribution in [0.2, 0.25) is 0 Å². The summed E-state index contributed by atoms with van der Waals surface area (Å²) in [6, 6.07) is 7.90. The molecule has 0 radical (unpaired) electrons. The number of imide groups is 1. The molecule has 3 aliphatic heterocycles. The molecular weight excluding hydrogens is 412 g/mol. The lowest BCUT2D eigenvalue weighted by molar-refractivity contribution is -0.120. The fraction of sp³-hybridized carbons (Fsp3) is 0.409. The van der Waals surface area contributed by atoms with E-state index in [4.69, 9.17) is 12.2 Å². The summed E-state index contributed by atoms with van der Waals surface area (Å²) in [5.41, 5.74) is 1.36. The second-order valence-electron chi connectivity index (χ2n) is 8.64. The summed E-state index contributed by atoms with van der Waals surface area (Å²) in [5.74, 6) is 0.210. The van der Waals surface area contributed by atoms with Crippen molar-refractivity contribution in [1.82, 2.24) is 20.1 Å². The van der Waals surface area contributed by atoms with Crippen LogP contribution in [0.1, 0.15) is 25.8 Å². The Kier molecular flexibility index (Phi) is 4.55. The van der Waals surface area contributed by atoms with Crippen molar-refractivity contribution in [2.75, 3.05) is 18.0 Å². The number of hydrogen-bond donors (Lipinski definition) is 1. The average Bonchev–Trinajstić information content (AvgIpc) is 3.43. The molecule has 3 amide bonds. The third kappa shape index (κ3) is 2.86. The van der Waals surface area contributed by atoms with Crippen molar-refractivity contribution in [2.45, 2.75) is 38.4 Å². The quantitative estimate of drug-likeness (QED) is 0.585. The largest absolute Gasteiger partial charge is 0.362 e. The predicted molar refractivity (Wildman–Crippen MR) is 119 cm³/mol. The van der Waals surface area contributed by atoms with Crippen LogP contribution in [-0.2, 0) is 4.79 Å². The van der Waals surface area contributed by atoms with Gasteiger partial charge < -0.3 is 15.1 Å². The Labute approximate surface area is 185 Å². The lowest BCUT2D eigenvalue weighted by Crippen LogP contribution is -2.57. The third-order valence-electron chi connectivity index (χ3n) is 6.29. The maximum absolute atomic E-state index is 13.5. The summed E-state index contributed by atoms with van der Waals surface area (Å²) in [4.78, 5) is 36.2. The molecule has 3 aliphatic rings. The van der Waals surface area contributed by atoms with Gasteiger partial charge >= 0.3 is 6.03 Å². The molecule has 3 unspecified atom stereocenters. The van der Waals surface area contributed by atoms with Gasteiger partial charge in [0.15, 0.2) is 5.11 Å². The number of amides is 3. The van der Waals surface area contributed by atoms with Crippen molar-refractivity contribution in [3.63, 3.8) is 0 Å². The molecule has 158 valence electrons. The number of nitrogens with one attached hydrogen (secondary N) is 1. The molecule has 0 saturated carbocycles. The van der Waals surface area contributed by atoms with E-state index in [1.807, 2.05) is 0 Å². The van der Waals surface area contributed by atoms with Gasteiger partial charge in [0.2, 0.25) is 0 Å². The molecule has 1 aromatic carbocycles. The third-order valence-corrected chi connectivity index (χ3v) is 6.67. The van der Waals surface area contributed by atoms with Crippen molar-refractivity contribution in [3.8, 4) is 6.07 Å². The number of benzene rings is 1. The van der Waals surface area contributed by atoms with Gasteiger partial charge in [-0.3, -0.25) is 9.78 Å². The van der Waals surface area contributed by atoms with Crippen LogP contribution in [0.5, 0.6) is 0 Å². The molecule has 1 N–H and O–H groups in total. The van der Waals surface area contributed by atoms with Gasteiger partial charge in [-0.05, 0) is 48.8 Å². The number of hydrogen-bond acceptors (Lipinski definition) is 5. The SMILES string of the molecule is CC(C)CNC(=S)N1CC2CC1C1C(=O)N(c3ccc(C#N)c4ncccc34)C(=O)N21. The number of urea groups is 1. The number of pyridine rings is 1. The van der Waals surface area contributed by atoms with Gasteiger partial charge in [0.25, 0.3) is 5.91 Å². The predicted octanol–water partition coefficient (Wildman–Crippen LogP) is 2.23. The number of rotatable bonds is 3. The van der Waals surface area contributed by atoms with Crippen molar-refractivity contribution < 1.29 is 9.59 Å². The van der Waals surface area contributed by atoms with Crippen LogP contribution in [0, 0.1) is 17.2 Å². The van der Waals surface area contributed by atoms with Gasteiger partial charge in [-0.1, -0.05) is 13.8 Å². The number of fused-ring (bicyclic) bond motifs is 6. The number of piperazine rings is 1. The topological polar surface area (TPSA) is 92.6 Å². The van der Waals surface area contributed by atoms with E-state index in [2.05, 4.69) is 35.1 Å². The summed E-state index contributed by atoms with van der Waals surface area (Å²) >= 11 is 5.59. The fourth-order valence-electron chi connectivity index (χ4n) is 4.95. The normalized spacial score (nSPS) is 24.3. The molecule has 9 heteroatoms. The first kappa shape index (κ1) is 19.7. The highest BCUT2D eigenvalue weighted by atomic mass is 32.1. The van der Waals surface area contributed by atoms with E-state index in [0.717, 1.165) is 13.0 Å². The van der Waals surface area contributed by atoms with E-state index in [-0.39, 0.29) is 24.0 Å². The lowest BCUT2D eigenvalue weighted by Gasteiger charge is -2.36. The van der Waals surface area contributed by atoms with Crippen molar-refractivity contribution in [2.24, 2.45) is 5.92 Å². The highest BCUT2D eigenvalue weighted by Gasteiger charge is 2.62. The smallest absolute Gasteiger partial charge is 0.332 e. The monoisotopic (exact) mass is 434 g/mol. The Morgan fingerprint density at radius 3 is 2.90 bits per heavy atom. The number of anilines is 1. The molecule has 5 rings (SSSR count). The van der Waals surface area contributed by atoms with Crippen LogP contribution in [0.25, 0.3) is 10.9 Å². The van der Waals surface area contributed by atoms with Gasteiger partial charge in [-0.2, -0.15) is 5.26 Å². The zero-order chi connectivity index (χ0) is 21.9. The maximum atomic E-state index is 13.5. The average molecular weight is 435 g/mol. The second kappa shape index (κ2) is 7.17. The Balaban J connectivity index is 1.48. The molecule has 8 nitrogen and oxygen atoms in total. The van der Waals surface area contributed by atoms with Gasteiger partial charge in [-0.15, -0.1) is 0 Å². The standard InChI is InChI=1S/C22H22N6O2S/c1-12(2)10-25-21(31)26-11-14-8-17(26)19-20(29)28(22(30)27(14)19)16-6-5-13(9-23)18-15(16)4-3-7-24-18/h3-7,12,14,17,19H,8,10-11H2,1-2H3,(H,25,31). The van der Waals surface area contributed by atoms with E-state index < -0.39 is 6.04 Å². The summed E-state index contributed by atoms with van der Waals surface area (Å²) in [6.45, 7) is 5.63. The summed E-state index contributed by atoms with van der Waals surface area (Å²) in [5, 5.41) is 13.9. The van der Waals surface area contributed by atoms with Gasteiger partial charge in [0.05, 0.1) is 28.9 Å². The van der Waals surface area contributed by atoms with Gasteiger partial charge in [0.1, 0.15) is 12.1 Å². The highest BCUT2D eigenvalue weighted by Crippen LogP contribution is 2.43. The Morgan fingerprint density at radius 1 is 1.35 bits per heavy atom. The first-order valence-electron chi connectivity index (χ1n) is 10.4.